The molecule has 2 amide bonds. The molecule has 0 bridgehead atoms. The summed E-state index contributed by atoms with van der Waals surface area (Å²) in [5.74, 6) is -0.754. The lowest BCUT2D eigenvalue weighted by molar-refractivity contribution is -0.137. The summed E-state index contributed by atoms with van der Waals surface area (Å²) >= 11 is 0. The number of carboxylic acid groups (broad SMARTS) is 1. The number of nitrogens with zero attached hydrogens (tertiary/aromatic N) is 1. The fraction of sp³-hybridized carbons (Fsp3) is 0.846. The summed E-state index contributed by atoms with van der Waals surface area (Å²) in [6.07, 6.45) is 4.50. The molecule has 0 radical (unpaired) electrons. The Morgan fingerprint density at radius 2 is 1.67 bits per heavy atom. The van der Waals surface area contributed by atoms with Gasteiger partial charge in [0.25, 0.3) is 0 Å². The predicted molar refractivity (Wildman–Crippen MR) is 71.7 cm³/mol. The van der Waals surface area contributed by atoms with Crippen molar-refractivity contribution in [3.8, 4) is 0 Å². The molecule has 0 aliphatic carbocycles. The molecule has 0 aliphatic rings. The Labute approximate surface area is 110 Å². The molecule has 0 aromatic rings. The van der Waals surface area contributed by atoms with E-state index in [-0.39, 0.29) is 12.5 Å². The number of carbonyl (C=O) groups is 2. The van der Waals surface area contributed by atoms with E-state index in [2.05, 4.69) is 19.2 Å². The van der Waals surface area contributed by atoms with E-state index in [0.29, 0.717) is 13.0 Å². The van der Waals surface area contributed by atoms with Crippen molar-refractivity contribution in [1.82, 2.24) is 10.2 Å². The Kier molecular flexibility index (Phi) is 10.1. The van der Waals surface area contributed by atoms with Crippen molar-refractivity contribution in [2.45, 2.75) is 52.4 Å². The van der Waals surface area contributed by atoms with E-state index in [1.165, 1.54) is 0 Å². The molecule has 5 heteroatoms. The molecule has 0 fully saturated rings. The summed E-state index contributed by atoms with van der Waals surface area (Å²) in [7, 11) is 0. The molecule has 0 aromatic carbocycles. The van der Waals surface area contributed by atoms with Crippen LogP contribution in [0.5, 0.6) is 0 Å². The summed E-state index contributed by atoms with van der Waals surface area (Å²) in [5.41, 5.74) is 0. The average molecular weight is 258 g/mol. The van der Waals surface area contributed by atoms with Crippen LogP contribution in [0.1, 0.15) is 52.4 Å². The third kappa shape index (κ3) is 8.84. The van der Waals surface area contributed by atoms with E-state index in [1.54, 1.807) is 0 Å². The third-order valence-corrected chi connectivity index (χ3v) is 2.62. The summed E-state index contributed by atoms with van der Waals surface area (Å²) in [6.45, 7) is 6.32. The normalized spacial score (nSPS) is 10.1. The highest BCUT2D eigenvalue weighted by atomic mass is 16.4. The van der Waals surface area contributed by atoms with Crippen LogP contribution in [0.4, 0.5) is 4.79 Å². The second-order valence-electron chi connectivity index (χ2n) is 4.42. The van der Waals surface area contributed by atoms with Crippen LogP contribution in [0.25, 0.3) is 0 Å². The molecule has 5 nitrogen and oxygen atoms in total. The van der Waals surface area contributed by atoms with Crippen molar-refractivity contribution in [2.24, 2.45) is 0 Å². The highest BCUT2D eigenvalue weighted by Gasteiger charge is 2.09. The number of hydrogen-bond acceptors (Lipinski definition) is 2. The van der Waals surface area contributed by atoms with Gasteiger partial charge in [-0.15, -0.1) is 0 Å². The van der Waals surface area contributed by atoms with Gasteiger partial charge >= 0.3 is 12.0 Å². The summed E-state index contributed by atoms with van der Waals surface area (Å²) < 4.78 is 0. The van der Waals surface area contributed by atoms with Crippen LogP contribution in [-0.2, 0) is 4.79 Å². The highest BCUT2D eigenvalue weighted by Crippen LogP contribution is 1.99. The Balaban J connectivity index is 3.63. The van der Waals surface area contributed by atoms with Crippen molar-refractivity contribution >= 4 is 12.0 Å². The van der Waals surface area contributed by atoms with Gasteiger partial charge in [0, 0.05) is 26.1 Å². The maximum Gasteiger partial charge on any atom is 0.317 e. The first-order chi connectivity index (χ1) is 8.61. The van der Waals surface area contributed by atoms with E-state index in [0.717, 1.165) is 38.8 Å². The third-order valence-electron chi connectivity index (χ3n) is 2.62. The number of rotatable bonds is 10. The monoisotopic (exact) mass is 258 g/mol. The first-order valence-electron chi connectivity index (χ1n) is 6.86. The van der Waals surface area contributed by atoms with Gasteiger partial charge in [-0.2, -0.15) is 0 Å². The molecule has 106 valence electrons. The predicted octanol–water partition coefficient (Wildman–Crippen LogP) is 2.46. The molecule has 0 heterocycles. The fourth-order valence-corrected chi connectivity index (χ4v) is 1.74. The fourth-order valence-electron chi connectivity index (χ4n) is 1.74. The Morgan fingerprint density at radius 1 is 1.06 bits per heavy atom. The number of amides is 2. The van der Waals surface area contributed by atoms with Gasteiger partial charge in [0.05, 0.1) is 0 Å². The standard InChI is InChI=1S/C13H26N2O3/c1-3-10-15(11-4-2)13(18)14-9-7-5-6-8-12(16)17/h3-11H2,1-2H3,(H,14,18)(H,16,17). The van der Waals surface area contributed by atoms with Crippen LogP contribution in [-0.4, -0.2) is 41.6 Å². The Hall–Kier alpha value is -1.26. The average Bonchev–Trinajstić information content (AvgIpc) is 2.32. The summed E-state index contributed by atoms with van der Waals surface area (Å²) in [6, 6.07) is -0.00284. The number of unbranched alkanes of at least 4 members (excludes halogenated alkanes) is 2. The first kappa shape index (κ1) is 16.7. The van der Waals surface area contributed by atoms with E-state index < -0.39 is 5.97 Å². The van der Waals surface area contributed by atoms with Gasteiger partial charge < -0.3 is 15.3 Å². The van der Waals surface area contributed by atoms with Crippen LogP contribution in [0.15, 0.2) is 0 Å². The SMILES string of the molecule is CCCN(CCC)C(=O)NCCCCCC(=O)O. The minimum Gasteiger partial charge on any atom is -0.481 e. The maximum absolute atomic E-state index is 11.8. The molecule has 0 aromatic heterocycles. The molecular weight excluding hydrogens is 232 g/mol. The summed E-state index contributed by atoms with van der Waals surface area (Å²) in [5, 5.41) is 11.4. The topological polar surface area (TPSA) is 69.6 Å². The molecule has 0 saturated carbocycles. The molecule has 0 spiro atoms. The lowest BCUT2D eigenvalue weighted by Crippen LogP contribution is -2.41. The zero-order valence-electron chi connectivity index (χ0n) is 11.6. The van der Waals surface area contributed by atoms with Gasteiger partial charge in [-0.05, 0) is 25.7 Å². The van der Waals surface area contributed by atoms with Crippen molar-refractivity contribution in [1.29, 1.82) is 0 Å². The first-order valence-corrected chi connectivity index (χ1v) is 6.86. The van der Waals surface area contributed by atoms with Gasteiger partial charge in [0.15, 0.2) is 0 Å². The lowest BCUT2D eigenvalue weighted by Gasteiger charge is -2.21. The zero-order chi connectivity index (χ0) is 13.8. The molecular formula is C13H26N2O3. The second kappa shape index (κ2) is 10.9. The van der Waals surface area contributed by atoms with Crippen LogP contribution in [0.2, 0.25) is 0 Å². The molecule has 0 atom stereocenters. The number of carbonyl (C=O) groups excluding carboxylic acids is 1. The van der Waals surface area contributed by atoms with Gasteiger partial charge in [0.2, 0.25) is 0 Å². The second-order valence-corrected chi connectivity index (χ2v) is 4.42. The zero-order valence-corrected chi connectivity index (χ0v) is 11.6. The van der Waals surface area contributed by atoms with Crippen molar-refractivity contribution in [2.75, 3.05) is 19.6 Å². The quantitative estimate of drug-likeness (QED) is 0.591. The Bertz CT molecular complexity index is 238. The molecule has 0 saturated heterocycles. The van der Waals surface area contributed by atoms with Gasteiger partial charge in [-0.3, -0.25) is 4.79 Å². The number of nitrogens with one attached hydrogen (secondary N) is 1. The molecule has 2 N–H and O–H groups in total. The smallest absolute Gasteiger partial charge is 0.317 e. The molecule has 0 unspecified atom stereocenters. The highest BCUT2D eigenvalue weighted by molar-refractivity contribution is 5.74. The number of aliphatic carboxylic acids is 1. The van der Waals surface area contributed by atoms with E-state index in [9.17, 15) is 9.59 Å². The van der Waals surface area contributed by atoms with E-state index in [1.807, 2.05) is 4.90 Å². The van der Waals surface area contributed by atoms with Crippen molar-refractivity contribution in [3.63, 3.8) is 0 Å². The molecule has 18 heavy (non-hydrogen) atoms. The van der Waals surface area contributed by atoms with E-state index in [4.69, 9.17) is 5.11 Å². The number of hydrogen-bond donors (Lipinski definition) is 2. The van der Waals surface area contributed by atoms with Crippen molar-refractivity contribution < 1.29 is 14.7 Å². The van der Waals surface area contributed by atoms with Gasteiger partial charge in [0.1, 0.15) is 0 Å². The maximum atomic E-state index is 11.8. The van der Waals surface area contributed by atoms with Crippen LogP contribution >= 0.6 is 0 Å². The Morgan fingerprint density at radius 3 is 2.17 bits per heavy atom. The van der Waals surface area contributed by atoms with Crippen LogP contribution < -0.4 is 5.32 Å². The molecule has 0 rings (SSSR count). The van der Waals surface area contributed by atoms with Gasteiger partial charge in [-0.25, -0.2) is 4.79 Å². The minimum absolute atomic E-state index is 0.00284. The minimum atomic E-state index is -0.754. The largest absolute Gasteiger partial charge is 0.481 e. The molecule has 0 aliphatic heterocycles. The number of carboxylic acids is 1. The lowest BCUT2D eigenvalue weighted by atomic mass is 10.2. The number of urea groups is 1. The van der Waals surface area contributed by atoms with Crippen molar-refractivity contribution in [3.05, 3.63) is 0 Å². The van der Waals surface area contributed by atoms with Crippen LogP contribution in [0.3, 0.4) is 0 Å². The van der Waals surface area contributed by atoms with E-state index >= 15 is 0 Å². The summed E-state index contributed by atoms with van der Waals surface area (Å²) in [4.78, 5) is 23.9. The van der Waals surface area contributed by atoms with Gasteiger partial charge in [-0.1, -0.05) is 20.3 Å². The van der Waals surface area contributed by atoms with Crippen LogP contribution in [0, 0.1) is 0 Å².